The molecule has 1 fully saturated rings. The molecule has 2 heterocycles. The summed E-state index contributed by atoms with van der Waals surface area (Å²) in [5, 5.41) is 4.86. The molecule has 2 N–H and O–H groups in total. The number of nitrogens with one attached hydrogen (secondary N) is 2. The van der Waals surface area contributed by atoms with Gasteiger partial charge in [0.2, 0.25) is 0 Å². The molecule has 1 aliphatic heterocycles. The number of benzene rings is 2. The van der Waals surface area contributed by atoms with E-state index in [1.54, 1.807) is 6.20 Å². The van der Waals surface area contributed by atoms with E-state index in [0.717, 1.165) is 28.6 Å². The van der Waals surface area contributed by atoms with E-state index in [1.807, 2.05) is 12.1 Å². The molecule has 0 bridgehead atoms. The zero-order valence-corrected chi connectivity index (χ0v) is 14.0. The van der Waals surface area contributed by atoms with Gasteiger partial charge in [0.25, 0.3) is 0 Å². The molecule has 4 nitrogen and oxygen atoms in total. The standard InChI is InChI=1S/C19H17ClN2O2/c1-24-19(23)15-10-22-18-9-16(20)13(8-14(15)18)11-2-4-12(5-3-11)17-6-7-21-17/h2-5,8-10,17,21-22H,6-7H2,1H3. The predicted molar refractivity (Wildman–Crippen MR) is 95.4 cm³/mol. The minimum atomic E-state index is -0.360. The van der Waals surface area contributed by atoms with Crippen molar-refractivity contribution >= 4 is 28.5 Å². The highest BCUT2D eigenvalue weighted by Crippen LogP contribution is 2.34. The van der Waals surface area contributed by atoms with Gasteiger partial charge in [0.05, 0.1) is 17.7 Å². The number of esters is 1. The maximum Gasteiger partial charge on any atom is 0.340 e. The van der Waals surface area contributed by atoms with Gasteiger partial charge in [-0.05, 0) is 36.2 Å². The van der Waals surface area contributed by atoms with E-state index in [4.69, 9.17) is 16.3 Å². The molecule has 1 saturated heterocycles. The third-order valence-corrected chi connectivity index (χ3v) is 4.94. The van der Waals surface area contributed by atoms with Crippen molar-refractivity contribution in [2.75, 3.05) is 13.7 Å². The van der Waals surface area contributed by atoms with Gasteiger partial charge in [-0.1, -0.05) is 35.9 Å². The molecule has 0 spiro atoms. The Hall–Kier alpha value is -2.30. The Balaban J connectivity index is 1.77. The lowest BCUT2D eigenvalue weighted by molar-refractivity contribution is 0.0603. The fourth-order valence-corrected chi connectivity index (χ4v) is 3.38. The van der Waals surface area contributed by atoms with E-state index >= 15 is 0 Å². The van der Waals surface area contributed by atoms with E-state index in [1.165, 1.54) is 19.1 Å². The van der Waals surface area contributed by atoms with E-state index in [-0.39, 0.29) is 5.97 Å². The number of carbonyl (C=O) groups excluding carboxylic acids is 1. The van der Waals surface area contributed by atoms with Gasteiger partial charge in [0, 0.05) is 28.7 Å². The first kappa shape index (κ1) is 15.2. The van der Waals surface area contributed by atoms with Crippen LogP contribution in [0, 0.1) is 0 Å². The topological polar surface area (TPSA) is 54.1 Å². The molecule has 0 amide bonds. The number of ether oxygens (including phenoxy) is 1. The Morgan fingerprint density at radius 2 is 2.00 bits per heavy atom. The first-order valence-corrected chi connectivity index (χ1v) is 8.28. The Labute approximate surface area is 144 Å². The average Bonchev–Trinajstić information content (AvgIpc) is 2.95. The van der Waals surface area contributed by atoms with Crippen molar-refractivity contribution < 1.29 is 9.53 Å². The first-order chi connectivity index (χ1) is 11.7. The van der Waals surface area contributed by atoms with Crippen molar-refractivity contribution in [2.24, 2.45) is 0 Å². The van der Waals surface area contributed by atoms with Crippen molar-refractivity contribution in [1.82, 2.24) is 10.3 Å². The third-order valence-electron chi connectivity index (χ3n) is 4.62. The van der Waals surface area contributed by atoms with Gasteiger partial charge in [-0.25, -0.2) is 4.79 Å². The summed E-state index contributed by atoms with van der Waals surface area (Å²) in [6.07, 6.45) is 2.83. The number of aromatic nitrogens is 1. The monoisotopic (exact) mass is 340 g/mol. The molecule has 5 heteroatoms. The molecular weight excluding hydrogens is 324 g/mol. The molecule has 4 rings (SSSR count). The van der Waals surface area contributed by atoms with Crippen LogP contribution in [0.1, 0.15) is 28.4 Å². The van der Waals surface area contributed by atoms with Crippen LogP contribution in [0.3, 0.4) is 0 Å². The SMILES string of the molecule is COC(=O)c1c[nH]c2cc(Cl)c(-c3ccc(C4CCN4)cc3)cc12. The highest BCUT2D eigenvalue weighted by Gasteiger charge is 2.19. The minimum Gasteiger partial charge on any atom is -0.465 e. The number of H-pyrrole nitrogens is 1. The number of aromatic amines is 1. The van der Waals surface area contributed by atoms with E-state index < -0.39 is 0 Å². The largest absolute Gasteiger partial charge is 0.465 e. The second-order valence-corrected chi connectivity index (χ2v) is 6.40. The maximum absolute atomic E-state index is 11.9. The molecule has 1 aliphatic rings. The smallest absolute Gasteiger partial charge is 0.340 e. The fraction of sp³-hybridized carbons (Fsp3) is 0.211. The number of fused-ring (bicyclic) bond motifs is 1. The molecule has 3 aromatic rings. The molecule has 0 aliphatic carbocycles. The molecule has 0 saturated carbocycles. The Morgan fingerprint density at radius 1 is 1.25 bits per heavy atom. The number of rotatable bonds is 3. The summed E-state index contributed by atoms with van der Waals surface area (Å²) in [4.78, 5) is 15.0. The number of hydrogen-bond donors (Lipinski definition) is 2. The zero-order valence-electron chi connectivity index (χ0n) is 13.2. The second-order valence-electron chi connectivity index (χ2n) is 5.99. The lowest BCUT2D eigenvalue weighted by Crippen LogP contribution is -2.34. The summed E-state index contributed by atoms with van der Waals surface area (Å²) < 4.78 is 4.84. The lowest BCUT2D eigenvalue weighted by atomic mass is 9.95. The van der Waals surface area contributed by atoms with Crippen LogP contribution in [-0.2, 0) is 4.74 Å². The Kier molecular flexibility index (Phi) is 3.79. The van der Waals surface area contributed by atoms with Gasteiger partial charge in [-0.2, -0.15) is 0 Å². The lowest BCUT2D eigenvalue weighted by Gasteiger charge is -2.28. The summed E-state index contributed by atoms with van der Waals surface area (Å²) in [7, 11) is 1.38. The van der Waals surface area contributed by atoms with Gasteiger partial charge in [-0.3, -0.25) is 0 Å². The maximum atomic E-state index is 11.9. The van der Waals surface area contributed by atoms with Gasteiger partial charge in [0.15, 0.2) is 0 Å². The molecule has 0 radical (unpaired) electrons. The number of methoxy groups -OCH3 is 1. The quantitative estimate of drug-likeness (QED) is 0.698. The number of halogens is 1. The molecule has 1 unspecified atom stereocenters. The van der Waals surface area contributed by atoms with Crippen molar-refractivity contribution in [3.63, 3.8) is 0 Å². The fourth-order valence-electron chi connectivity index (χ4n) is 3.11. The molecular formula is C19H17ClN2O2. The normalized spacial score (nSPS) is 16.8. The molecule has 1 atom stereocenters. The van der Waals surface area contributed by atoms with Crippen LogP contribution < -0.4 is 5.32 Å². The highest BCUT2D eigenvalue weighted by atomic mass is 35.5. The molecule has 122 valence electrons. The van der Waals surface area contributed by atoms with Gasteiger partial charge in [-0.15, -0.1) is 0 Å². The van der Waals surface area contributed by atoms with Crippen molar-refractivity contribution in [3.05, 3.63) is 58.7 Å². The number of carbonyl (C=O) groups is 1. The molecule has 1 aromatic heterocycles. The number of hydrogen-bond acceptors (Lipinski definition) is 3. The van der Waals surface area contributed by atoms with Crippen LogP contribution in [0.25, 0.3) is 22.0 Å². The zero-order chi connectivity index (χ0) is 16.7. The van der Waals surface area contributed by atoms with Gasteiger partial charge < -0.3 is 15.0 Å². The van der Waals surface area contributed by atoms with Crippen LogP contribution in [0.4, 0.5) is 0 Å². The van der Waals surface area contributed by atoms with Crippen molar-refractivity contribution in [3.8, 4) is 11.1 Å². The van der Waals surface area contributed by atoms with E-state index in [0.29, 0.717) is 16.6 Å². The molecule has 24 heavy (non-hydrogen) atoms. The second kappa shape index (κ2) is 5.96. The van der Waals surface area contributed by atoms with Crippen LogP contribution >= 0.6 is 11.6 Å². The Morgan fingerprint density at radius 3 is 2.62 bits per heavy atom. The third kappa shape index (κ3) is 2.48. The summed E-state index contributed by atoms with van der Waals surface area (Å²) >= 11 is 6.45. The predicted octanol–water partition coefficient (Wildman–Crippen LogP) is 4.31. The van der Waals surface area contributed by atoms with Crippen LogP contribution in [0.5, 0.6) is 0 Å². The molecule has 2 aromatic carbocycles. The van der Waals surface area contributed by atoms with Crippen molar-refractivity contribution in [1.29, 1.82) is 0 Å². The minimum absolute atomic E-state index is 0.360. The highest BCUT2D eigenvalue weighted by molar-refractivity contribution is 6.34. The van der Waals surface area contributed by atoms with Crippen LogP contribution in [0.2, 0.25) is 5.02 Å². The van der Waals surface area contributed by atoms with Crippen LogP contribution in [-0.4, -0.2) is 24.6 Å². The first-order valence-electron chi connectivity index (χ1n) is 7.90. The Bertz CT molecular complexity index is 911. The van der Waals surface area contributed by atoms with Crippen molar-refractivity contribution in [2.45, 2.75) is 12.5 Å². The average molecular weight is 341 g/mol. The van der Waals surface area contributed by atoms with E-state index in [2.05, 4.69) is 34.6 Å². The van der Waals surface area contributed by atoms with Gasteiger partial charge >= 0.3 is 5.97 Å². The summed E-state index contributed by atoms with van der Waals surface area (Å²) in [6, 6.07) is 12.7. The van der Waals surface area contributed by atoms with Crippen LogP contribution in [0.15, 0.2) is 42.6 Å². The summed E-state index contributed by atoms with van der Waals surface area (Å²) in [6.45, 7) is 1.08. The summed E-state index contributed by atoms with van der Waals surface area (Å²) in [5.41, 5.74) is 4.56. The van der Waals surface area contributed by atoms with Gasteiger partial charge in [0.1, 0.15) is 0 Å². The van der Waals surface area contributed by atoms with E-state index in [9.17, 15) is 4.79 Å². The summed E-state index contributed by atoms with van der Waals surface area (Å²) in [5.74, 6) is -0.360.